The molecule has 0 aliphatic carbocycles. The van der Waals surface area contributed by atoms with Crippen molar-refractivity contribution in [2.45, 2.75) is 32.7 Å². The normalized spacial score (nSPS) is 20.9. The number of aryl methyl sites for hydroxylation is 2. The highest BCUT2D eigenvalue weighted by Crippen LogP contribution is 2.19. The molecule has 3 nitrogen and oxygen atoms in total. The molecule has 0 spiro atoms. The Kier molecular flexibility index (Phi) is 2.87. The fourth-order valence-electron chi connectivity index (χ4n) is 2.20. The molecule has 78 valence electrons. The first-order valence-electron chi connectivity index (χ1n) is 5.53. The topological polar surface area (TPSA) is 29.9 Å². The quantitative estimate of drug-likeness (QED) is 0.782. The Hall–Kier alpha value is -0.830. The molecule has 1 N–H and O–H groups in total. The maximum absolute atomic E-state index is 4.61. The number of hydrogen-bond acceptors (Lipinski definition) is 2. The largest absolute Gasteiger partial charge is 0.334 e. The van der Waals surface area contributed by atoms with E-state index in [9.17, 15) is 0 Å². The van der Waals surface area contributed by atoms with Crippen LogP contribution in [0.25, 0.3) is 0 Å². The van der Waals surface area contributed by atoms with Gasteiger partial charge in [-0.25, -0.2) is 4.98 Å². The summed E-state index contributed by atoms with van der Waals surface area (Å²) in [5, 5.41) is 3.26. The van der Waals surface area contributed by atoms with E-state index in [1.54, 1.807) is 0 Å². The molecule has 1 aliphatic rings. The summed E-state index contributed by atoms with van der Waals surface area (Å²) >= 11 is 0. The molecule has 0 radical (unpaired) electrons. The van der Waals surface area contributed by atoms with Gasteiger partial charge in [0.05, 0.1) is 5.69 Å². The molecule has 2 heterocycles. The van der Waals surface area contributed by atoms with Crippen molar-refractivity contribution < 1.29 is 0 Å². The Balaban J connectivity index is 2.09. The number of nitrogens with zero attached hydrogens (tertiary/aromatic N) is 2. The molecular weight excluding hydrogens is 174 g/mol. The zero-order chi connectivity index (χ0) is 9.97. The summed E-state index contributed by atoms with van der Waals surface area (Å²) in [5.41, 5.74) is 1.24. The van der Waals surface area contributed by atoms with E-state index in [2.05, 4.69) is 28.0 Å². The van der Waals surface area contributed by atoms with Crippen LogP contribution in [0.1, 0.15) is 24.9 Å². The summed E-state index contributed by atoms with van der Waals surface area (Å²) in [6.45, 7) is 4.43. The zero-order valence-electron chi connectivity index (χ0n) is 9.08. The molecule has 1 aliphatic heterocycles. The number of aromatic nitrogens is 2. The summed E-state index contributed by atoms with van der Waals surface area (Å²) in [6, 6.07) is 0. The lowest BCUT2D eigenvalue weighted by atomic mass is 10.00. The molecule has 3 heteroatoms. The fourth-order valence-corrected chi connectivity index (χ4v) is 2.20. The molecule has 0 bridgehead atoms. The van der Waals surface area contributed by atoms with Crippen LogP contribution >= 0.6 is 0 Å². The van der Waals surface area contributed by atoms with Crippen molar-refractivity contribution in [1.82, 2.24) is 14.9 Å². The number of rotatable bonds is 3. The van der Waals surface area contributed by atoms with Gasteiger partial charge in [0.25, 0.3) is 0 Å². The van der Waals surface area contributed by atoms with Crippen molar-refractivity contribution in [1.29, 1.82) is 0 Å². The summed E-state index contributed by atoms with van der Waals surface area (Å²) in [7, 11) is 2.03. The van der Waals surface area contributed by atoms with Crippen LogP contribution in [0.2, 0.25) is 0 Å². The Labute approximate surface area is 85.5 Å². The van der Waals surface area contributed by atoms with Gasteiger partial charge in [-0.1, -0.05) is 6.92 Å². The minimum Gasteiger partial charge on any atom is -0.334 e. The Morgan fingerprint density at radius 2 is 2.50 bits per heavy atom. The molecule has 14 heavy (non-hydrogen) atoms. The first-order valence-corrected chi connectivity index (χ1v) is 5.53. The van der Waals surface area contributed by atoms with Crippen LogP contribution < -0.4 is 5.32 Å². The molecule has 2 rings (SSSR count). The number of imidazole rings is 1. The third-order valence-electron chi connectivity index (χ3n) is 3.00. The maximum atomic E-state index is 4.61. The Bertz CT molecular complexity index is 303. The predicted molar refractivity (Wildman–Crippen MR) is 57.3 cm³/mol. The molecule has 1 aromatic rings. The van der Waals surface area contributed by atoms with Crippen LogP contribution in [0.3, 0.4) is 0 Å². The second kappa shape index (κ2) is 4.13. The first-order chi connectivity index (χ1) is 6.83. The van der Waals surface area contributed by atoms with Gasteiger partial charge in [-0.2, -0.15) is 0 Å². The van der Waals surface area contributed by atoms with Crippen molar-refractivity contribution in [3.8, 4) is 0 Å². The SMILES string of the molecule is CCc1cn2c(n1)CCC(CNC)C2. The molecule has 1 unspecified atom stereocenters. The molecule has 0 saturated heterocycles. The van der Waals surface area contributed by atoms with Gasteiger partial charge in [-0.05, 0) is 32.4 Å². The molecule has 0 fully saturated rings. The van der Waals surface area contributed by atoms with Crippen LogP contribution in [0.15, 0.2) is 6.20 Å². The maximum Gasteiger partial charge on any atom is 0.108 e. The van der Waals surface area contributed by atoms with E-state index < -0.39 is 0 Å². The molecule has 1 atom stereocenters. The van der Waals surface area contributed by atoms with Gasteiger partial charge in [0.1, 0.15) is 5.82 Å². The monoisotopic (exact) mass is 193 g/mol. The van der Waals surface area contributed by atoms with E-state index in [0.29, 0.717) is 0 Å². The van der Waals surface area contributed by atoms with Crippen molar-refractivity contribution in [3.63, 3.8) is 0 Å². The van der Waals surface area contributed by atoms with Crippen LogP contribution in [0.4, 0.5) is 0 Å². The molecule has 0 aromatic carbocycles. The van der Waals surface area contributed by atoms with Crippen molar-refractivity contribution in [2.75, 3.05) is 13.6 Å². The number of hydrogen-bond donors (Lipinski definition) is 1. The van der Waals surface area contributed by atoms with Crippen molar-refractivity contribution in [2.24, 2.45) is 5.92 Å². The Morgan fingerprint density at radius 3 is 3.21 bits per heavy atom. The highest BCUT2D eigenvalue weighted by molar-refractivity contribution is 5.06. The summed E-state index contributed by atoms with van der Waals surface area (Å²) < 4.78 is 2.34. The predicted octanol–water partition coefficient (Wildman–Crippen LogP) is 1.23. The fraction of sp³-hybridized carbons (Fsp3) is 0.727. The average Bonchev–Trinajstić information content (AvgIpc) is 2.60. The molecular formula is C11H19N3. The van der Waals surface area contributed by atoms with E-state index in [1.165, 1.54) is 17.9 Å². The average molecular weight is 193 g/mol. The third-order valence-corrected chi connectivity index (χ3v) is 3.00. The lowest BCUT2D eigenvalue weighted by molar-refractivity contribution is 0.356. The number of nitrogens with one attached hydrogen (secondary N) is 1. The van der Waals surface area contributed by atoms with E-state index in [4.69, 9.17) is 0 Å². The van der Waals surface area contributed by atoms with E-state index in [-0.39, 0.29) is 0 Å². The van der Waals surface area contributed by atoms with Gasteiger partial charge in [0.15, 0.2) is 0 Å². The van der Waals surface area contributed by atoms with Gasteiger partial charge in [0, 0.05) is 19.2 Å². The van der Waals surface area contributed by atoms with Gasteiger partial charge < -0.3 is 9.88 Å². The lowest BCUT2D eigenvalue weighted by Gasteiger charge is -2.23. The number of fused-ring (bicyclic) bond motifs is 1. The minimum atomic E-state index is 0.784. The standard InChI is InChI=1S/C11H19N3/c1-3-10-8-14-7-9(6-12-2)4-5-11(14)13-10/h8-9,12H,3-7H2,1-2H3. The first kappa shape index (κ1) is 9.71. The zero-order valence-corrected chi connectivity index (χ0v) is 9.08. The van der Waals surface area contributed by atoms with E-state index in [1.807, 2.05) is 7.05 Å². The van der Waals surface area contributed by atoms with Crippen LogP contribution in [0.5, 0.6) is 0 Å². The highest BCUT2D eigenvalue weighted by Gasteiger charge is 2.19. The molecule has 0 saturated carbocycles. The second-order valence-corrected chi connectivity index (χ2v) is 4.12. The second-order valence-electron chi connectivity index (χ2n) is 4.12. The summed E-state index contributed by atoms with van der Waals surface area (Å²) in [6.07, 6.45) is 5.70. The Morgan fingerprint density at radius 1 is 1.64 bits per heavy atom. The summed E-state index contributed by atoms with van der Waals surface area (Å²) in [4.78, 5) is 4.61. The smallest absolute Gasteiger partial charge is 0.108 e. The van der Waals surface area contributed by atoms with Crippen LogP contribution in [0, 0.1) is 5.92 Å². The van der Waals surface area contributed by atoms with E-state index in [0.717, 1.165) is 31.8 Å². The minimum absolute atomic E-state index is 0.784. The van der Waals surface area contributed by atoms with E-state index >= 15 is 0 Å². The molecule has 1 aromatic heterocycles. The van der Waals surface area contributed by atoms with Crippen molar-refractivity contribution >= 4 is 0 Å². The van der Waals surface area contributed by atoms with Crippen molar-refractivity contribution in [3.05, 3.63) is 17.7 Å². The van der Waals surface area contributed by atoms with Gasteiger partial charge in [-0.15, -0.1) is 0 Å². The lowest BCUT2D eigenvalue weighted by Crippen LogP contribution is -2.27. The van der Waals surface area contributed by atoms with Gasteiger partial charge >= 0.3 is 0 Å². The summed E-state index contributed by atoms with van der Waals surface area (Å²) in [5.74, 6) is 2.07. The highest BCUT2D eigenvalue weighted by atomic mass is 15.1. The van der Waals surface area contributed by atoms with Crippen LogP contribution in [-0.2, 0) is 19.4 Å². The van der Waals surface area contributed by atoms with Crippen LogP contribution in [-0.4, -0.2) is 23.1 Å². The molecule has 0 amide bonds. The third kappa shape index (κ3) is 1.82. The van der Waals surface area contributed by atoms with Gasteiger partial charge in [-0.3, -0.25) is 0 Å². The van der Waals surface area contributed by atoms with Gasteiger partial charge in [0.2, 0.25) is 0 Å².